The van der Waals surface area contributed by atoms with E-state index in [9.17, 15) is 9.59 Å². The number of hydrogen-bond acceptors (Lipinski definition) is 4. The summed E-state index contributed by atoms with van der Waals surface area (Å²) in [6, 6.07) is 12.4. The van der Waals surface area contributed by atoms with Crippen LogP contribution < -0.4 is 20.3 Å². The maximum Gasteiger partial charge on any atom is 0.253 e. The normalized spacial score (nSPS) is 13.7. The minimum Gasteiger partial charge on any atom is -0.492 e. The lowest BCUT2D eigenvalue weighted by atomic mass is 9.95. The fraction of sp³-hybridized carbons (Fsp3) is 0.400. The molecule has 2 amide bonds. The molecule has 6 nitrogen and oxygen atoms in total. The number of amides is 2. The van der Waals surface area contributed by atoms with Crippen LogP contribution in [0.2, 0.25) is 10.0 Å². The Hall–Kier alpha value is -2.35. The molecule has 0 saturated heterocycles. The Morgan fingerprint density at radius 3 is 2.59 bits per heavy atom. The summed E-state index contributed by atoms with van der Waals surface area (Å²) in [6.45, 7) is 0.321. The highest BCUT2D eigenvalue weighted by atomic mass is 35.5. The number of nitrogens with zero attached hydrogens (tertiary/aromatic N) is 1. The van der Waals surface area contributed by atoms with Crippen LogP contribution >= 0.6 is 35.4 Å². The van der Waals surface area contributed by atoms with E-state index in [4.69, 9.17) is 40.2 Å². The third-order valence-electron chi connectivity index (χ3n) is 5.70. The van der Waals surface area contributed by atoms with Gasteiger partial charge < -0.3 is 20.3 Å². The van der Waals surface area contributed by atoms with Gasteiger partial charge in [-0.3, -0.25) is 9.59 Å². The zero-order chi connectivity index (χ0) is 24.5. The van der Waals surface area contributed by atoms with Crippen LogP contribution in [0.15, 0.2) is 42.5 Å². The van der Waals surface area contributed by atoms with Crippen LogP contribution in [0.5, 0.6) is 5.75 Å². The Kier molecular flexibility index (Phi) is 9.99. The Labute approximate surface area is 215 Å². The maximum absolute atomic E-state index is 12.9. The molecule has 2 N–H and O–H groups in total. The van der Waals surface area contributed by atoms with E-state index < -0.39 is 0 Å². The number of nitrogens with one attached hydrogen (secondary N) is 2. The topological polar surface area (TPSA) is 70.7 Å². The molecule has 0 heterocycles. The van der Waals surface area contributed by atoms with E-state index >= 15 is 0 Å². The van der Waals surface area contributed by atoms with E-state index in [2.05, 4.69) is 10.6 Å². The molecule has 34 heavy (non-hydrogen) atoms. The smallest absolute Gasteiger partial charge is 0.253 e. The lowest BCUT2D eigenvalue weighted by molar-refractivity contribution is -0.119. The molecule has 0 spiro atoms. The Balaban J connectivity index is 1.49. The average Bonchev–Trinajstić information content (AvgIpc) is 2.83. The summed E-state index contributed by atoms with van der Waals surface area (Å²) in [5.74, 6) is 0.165. The van der Waals surface area contributed by atoms with Crippen LogP contribution in [0.25, 0.3) is 0 Å². The van der Waals surface area contributed by atoms with E-state index in [1.807, 2.05) is 18.2 Å². The summed E-state index contributed by atoms with van der Waals surface area (Å²) in [5.41, 5.74) is 1.17. The fourth-order valence-corrected chi connectivity index (χ4v) is 4.53. The monoisotopic (exact) mass is 521 g/mol. The molecule has 0 unspecified atom stereocenters. The van der Waals surface area contributed by atoms with Gasteiger partial charge in [-0.1, -0.05) is 54.6 Å². The SMILES string of the molecule is CN(C(=S)NC(=O)CCCOc1ccc(Cl)cc1Cl)c1ccccc1C(=O)NC1CCCCC1. The number of halogens is 2. The molecule has 2 aromatic carbocycles. The van der Waals surface area contributed by atoms with Crippen molar-refractivity contribution >= 4 is 58.0 Å². The molecule has 0 bridgehead atoms. The molecule has 0 aliphatic heterocycles. The zero-order valence-electron chi connectivity index (χ0n) is 19.1. The number of hydrogen-bond donors (Lipinski definition) is 2. The highest BCUT2D eigenvalue weighted by molar-refractivity contribution is 7.80. The second kappa shape index (κ2) is 12.9. The van der Waals surface area contributed by atoms with Gasteiger partial charge >= 0.3 is 0 Å². The summed E-state index contributed by atoms with van der Waals surface area (Å²) in [5, 5.41) is 7.05. The first-order chi connectivity index (χ1) is 16.3. The van der Waals surface area contributed by atoms with Crippen molar-refractivity contribution in [2.45, 2.75) is 51.0 Å². The van der Waals surface area contributed by atoms with Crippen LogP contribution in [0, 0.1) is 0 Å². The second-order valence-electron chi connectivity index (χ2n) is 8.26. The van der Waals surface area contributed by atoms with Crippen molar-refractivity contribution in [1.29, 1.82) is 0 Å². The van der Waals surface area contributed by atoms with Gasteiger partial charge in [0.05, 0.1) is 22.9 Å². The standard InChI is InChI=1S/C25H29Cl2N3O3S/c1-30(21-11-6-5-10-19(21)24(32)28-18-8-3-2-4-9-18)25(34)29-23(31)12-7-15-33-22-14-13-17(26)16-20(22)27/h5-6,10-11,13-14,16,18H,2-4,7-9,12,15H2,1H3,(H,28,32)(H,29,31,34). The molecule has 9 heteroatoms. The number of carbonyl (C=O) groups is 2. The number of anilines is 1. The van der Waals surface area contributed by atoms with E-state index in [1.165, 1.54) is 6.42 Å². The highest BCUT2D eigenvalue weighted by Gasteiger charge is 2.21. The molecule has 1 aliphatic carbocycles. The molecule has 2 aromatic rings. The van der Waals surface area contributed by atoms with E-state index in [1.54, 1.807) is 36.2 Å². The summed E-state index contributed by atoms with van der Waals surface area (Å²) < 4.78 is 5.61. The van der Waals surface area contributed by atoms with Crippen molar-refractivity contribution in [3.05, 3.63) is 58.1 Å². The Morgan fingerprint density at radius 2 is 1.85 bits per heavy atom. The third kappa shape index (κ3) is 7.58. The maximum atomic E-state index is 12.9. The zero-order valence-corrected chi connectivity index (χ0v) is 21.4. The second-order valence-corrected chi connectivity index (χ2v) is 9.49. The lowest BCUT2D eigenvalue weighted by Crippen LogP contribution is -2.42. The van der Waals surface area contributed by atoms with Crippen LogP contribution in [0.3, 0.4) is 0 Å². The van der Waals surface area contributed by atoms with Gasteiger partial charge in [-0.05, 0) is 61.8 Å². The first kappa shape index (κ1) is 26.3. The first-order valence-corrected chi connectivity index (χ1v) is 12.6. The number of thiocarbonyl (C=S) groups is 1. The molecule has 0 aromatic heterocycles. The molecule has 1 fully saturated rings. The van der Waals surface area contributed by atoms with Gasteiger partial charge in [0.1, 0.15) is 5.75 Å². The fourth-order valence-electron chi connectivity index (χ4n) is 3.85. The van der Waals surface area contributed by atoms with E-state index in [0.717, 1.165) is 25.7 Å². The van der Waals surface area contributed by atoms with Gasteiger partial charge in [-0.15, -0.1) is 0 Å². The van der Waals surface area contributed by atoms with Crippen molar-refractivity contribution < 1.29 is 14.3 Å². The van der Waals surface area contributed by atoms with E-state index in [-0.39, 0.29) is 29.4 Å². The first-order valence-electron chi connectivity index (χ1n) is 11.4. The molecule has 182 valence electrons. The van der Waals surface area contributed by atoms with Crippen LogP contribution in [0.4, 0.5) is 5.69 Å². The largest absolute Gasteiger partial charge is 0.492 e. The minimum atomic E-state index is -0.230. The Morgan fingerprint density at radius 1 is 1.12 bits per heavy atom. The molecule has 0 radical (unpaired) electrons. The number of para-hydroxylation sites is 1. The van der Waals surface area contributed by atoms with Gasteiger partial charge in [0.15, 0.2) is 5.11 Å². The number of benzene rings is 2. The molecule has 1 saturated carbocycles. The quantitative estimate of drug-likeness (QED) is 0.341. The van der Waals surface area contributed by atoms with Gasteiger partial charge in [-0.25, -0.2) is 0 Å². The van der Waals surface area contributed by atoms with Crippen LogP contribution in [0.1, 0.15) is 55.3 Å². The van der Waals surface area contributed by atoms with Gasteiger partial charge in [-0.2, -0.15) is 0 Å². The van der Waals surface area contributed by atoms with Crippen molar-refractivity contribution in [2.75, 3.05) is 18.6 Å². The number of ether oxygens (including phenoxy) is 1. The van der Waals surface area contributed by atoms with Gasteiger partial charge in [0.25, 0.3) is 5.91 Å². The van der Waals surface area contributed by atoms with Crippen molar-refractivity contribution in [1.82, 2.24) is 10.6 Å². The minimum absolute atomic E-state index is 0.124. The highest BCUT2D eigenvalue weighted by Crippen LogP contribution is 2.27. The molecule has 0 atom stereocenters. The van der Waals surface area contributed by atoms with Crippen LogP contribution in [-0.2, 0) is 4.79 Å². The molecule has 1 aliphatic rings. The van der Waals surface area contributed by atoms with Gasteiger partial charge in [0.2, 0.25) is 5.91 Å². The molecular formula is C25H29Cl2N3O3S. The van der Waals surface area contributed by atoms with Crippen molar-refractivity contribution in [2.24, 2.45) is 0 Å². The number of carbonyl (C=O) groups excluding carboxylic acids is 2. The summed E-state index contributed by atoms with van der Waals surface area (Å²) in [4.78, 5) is 27.0. The van der Waals surface area contributed by atoms with Crippen LogP contribution in [-0.4, -0.2) is 36.6 Å². The Bertz CT molecular complexity index is 1030. The molecular weight excluding hydrogens is 493 g/mol. The summed E-state index contributed by atoms with van der Waals surface area (Å²) >= 11 is 17.4. The predicted octanol–water partition coefficient (Wildman–Crippen LogP) is 5.75. The van der Waals surface area contributed by atoms with Crippen molar-refractivity contribution in [3.8, 4) is 5.75 Å². The third-order valence-corrected chi connectivity index (χ3v) is 6.61. The predicted molar refractivity (Wildman–Crippen MR) is 141 cm³/mol. The summed E-state index contributed by atoms with van der Waals surface area (Å²) in [6.07, 6.45) is 6.22. The van der Waals surface area contributed by atoms with Gasteiger partial charge in [0, 0.05) is 24.5 Å². The number of rotatable bonds is 8. The van der Waals surface area contributed by atoms with Crippen molar-refractivity contribution in [3.63, 3.8) is 0 Å². The lowest BCUT2D eigenvalue weighted by Gasteiger charge is -2.26. The summed E-state index contributed by atoms with van der Waals surface area (Å²) in [7, 11) is 1.74. The van der Waals surface area contributed by atoms with E-state index in [0.29, 0.717) is 40.1 Å². The average molecular weight is 522 g/mol. The molecule has 3 rings (SSSR count).